The van der Waals surface area contributed by atoms with Gasteiger partial charge in [0.15, 0.2) is 5.96 Å². The number of nitrogens with two attached hydrogens (primary N) is 2. The summed E-state index contributed by atoms with van der Waals surface area (Å²) in [7, 11) is 0. The minimum absolute atomic E-state index is 0.0232. The zero-order valence-electron chi connectivity index (χ0n) is 14.1. The Hall–Kier alpha value is -3.35. The summed E-state index contributed by atoms with van der Waals surface area (Å²) in [6.45, 7) is 0. The fourth-order valence-electron chi connectivity index (χ4n) is 2.43. The largest absolute Gasteiger partial charge is 0.426 e. The number of guanidine groups is 1. The Morgan fingerprint density at radius 3 is 2.19 bits per heavy atom. The molecule has 2 aromatic rings. The van der Waals surface area contributed by atoms with Crippen molar-refractivity contribution in [3.05, 3.63) is 54.1 Å². The van der Waals surface area contributed by atoms with Crippen molar-refractivity contribution in [1.82, 2.24) is 0 Å². The normalized spacial score (nSPS) is 13.4. The third kappa shape index (κ3) is 4.38. The van der Waals surface area contributed by atoms with E-state index in [4.69, 9.17) is 20.9 Å². The van der Waals surface area contributed by atoms with Crippen molar-refractivity contribution in [3.63, 3.8) is 0 Å². The molecule has 134 valence electrons. The van der Waals surface area contributed by atoms with Crippen LogP contribution in [0, 0.1) is 5.92 Å². The lowest BCUT2D eigenvalue weighted by Crippen LogP contribution is -2.26. The molecule has 1 aliphatic carbocycles. The molecule has 4 N–H and O–H groups in total. The molecule has 0 aliphatic heterocycles. The number of rotatable bonds is 5. The van der Waals surface area contributed by atoms with Gasteiger partial charge in [0, 0.05) is 6.07 Å². The topological polar surface area (TPSA) is 117 Å². The molecule has 1 saturated carbocycles. The van der Waals surface area contributed by atoms with Crippen molar-refractivity contribution >= 4 is 23.6 Å². The van der Waals surface area contributed by atoms with Gasteiger partial charge in [0.05, 0.1) is 17.2 Å². The van der Waals surface area contributed by atoms with Crippen LogP contribution in [0.2, 0.25) is 0 Å². The zero-order chi connectivity index (χ0) is 18.5. The number of carbonyl (C=O) groups is 2. The van der Waals surface area contributed by atoms with Crippen LogP contribution in [0.25, 0.3) is 0 Å². The number of ether oxygens (including phenoxy) is 2. The van der Waals surface area contributed by atoms with Crippen LogP contribution >= 0.6 is 0 Å². The summed E-state index contributed by atoms with van der Waals surface area (Å²) < 4.78 is 10.7. The highest BCUT2D eigenvalue weighted by Crippen LogP contribution is 2.29. The van der Waals surface area contributed by atoms with Crippen LogP contribution < -0.4 is 20.9 Å². The van der Waals surface area contributed by atoms with Gasteiger partial charge in [-0.2, -0.15) is 0 Å². The fourth-order valence-corrected chi connectivity index (χ4v) is 2.43. The first kappa shape index (κ1) is 17.5. The molecule has 0 bridgehead atoms. The highest BCUT2D eigenvalue weighted by atomic mass is 16.5. The first-order chi connectivity index (χ1) is 12.5. The van der Waals surface area contributed by atoms with Gasteiger partial charge in [0.1, 0.15) is 11.5 Å². The second kappa shape index (κ2) is 7.69. The van der Waals surface area contributed by atoms with E-state index in [-0.39, 0.29) is 17.8 Å². The van der Waals surface area contributed by atoms with Crippen LogP contribution in [0.15, 0.2) is 53.5 Å². The fraction of sp³-hybridized carbons (Fsp3) is 0.211. The average Bonchev–Trinajstić information content (AvgIpc) is 2.53. The molecule has 1 aliphatic rings. The lowest BCUT2D eigenvalue weighted by Gasteiger charge is -2.22. The molecule has 0 aromatic heterocycles. The van der Waals surface area contributed by atoms with Gasteiger partial charge < -0.3 is 20.9 Å². The standard InChI is InChI=1S/C19H19N3O4/c20-19(21)22-14-9-7-13(8-10-14)18(24)26-16-6-2-5-15(11-16)25-17(23)12-3-1-4-12/h2,5-12H,1,3-4H2,(H4,20,21,22). The molecule has 0 saturated heterocycles. The molecular formula is C19H19N3O4. The first-order valence-corrected chi connectivity index (χ1v) is 8.25. The van der Waals surface area contributed by atoms with Gasteiger partial charge >= 0.3 is 11.9 Å². The highest BCUT2D eigenvalue weighted by Gasteiger charge is 2.27. The first-order valence-electron chi connectivity index (χ1n) is 8.25. The average molecular weight is 353 g/mol. The predicted molar refractivity (Wildman–Crippen MR) is 96.3 cm³/mol. The summed E-state index contributed by atoms with van der Waals surface area (Å²) in [5.74, 6) is -0.213. The van der Waals surface area contributed by atoms with Crippen LogP contribution in [-0.4, -0.2) is 17.9 Å². The van der Waals surface area contributed by atoms with Gasteiger partial charge in [0.25, 0.3) is 0 Å². The van der Waals surface area contributed by atoms with E-state index in [0.29, 0.717) is 22.7 Å². The highest BCUT2D eigenvalue weighted by molar-refractivity contribution is 5.91. The molecule has 26 heavy (non-hydrogen) atoms. The van der Waals surface area contributed by atoms with Crippen LogP contribution in [0.1, 0.15) is 29.6 Å². The SMILES string of the molecule is NC(N)=Nc1ccc(C(=O)Oc2cccc(OC(=O)C3CCC3)c2)cc1. The molecule has 7 heteroatoms. The Morgan fingerprint density at radius 1 is 0.962 bits per heavy atom. The van der Waals surface area contributed by atoms with E-state index in [1.807, 2.05) is 0 Å². The number of carbonyl (C=O) groups excluding carboxylic acids is 2. The molecule has 2 aromatic carbocycles. The van der Waals surface area contributed by atoms with E-state index in [9.17, 15) is 9.59 Å². The van der Waals surface area contributed by atoms with Crippen LogP contribution in [0.3, 0.4) is 0 Å². The summed E-state index contributed by atoms with van der Waals surface area (Å²) in [5, 5.41) is 0. The smallest absolute Gasteiger partial charge is 0.343 e. The number of hydrogen-bond donors (Lipinski definition) is 2. The van der Waals surface area contributed by atoms with Gasteiger partial charge in [-0.1, -0.05) is 12.5 Å². The summed E-state index contributed by atoms with van der Waals surface area (Å²) in [4.78, 5) is 28.0. The van der Waals surface area contributed by atoms with Crippen molar-refractivity contribution in [2.45, 2.75) is 19.3 Å². The van der Waals surface area contributed by atoms with Crippen molar-refractivity contribution in [1.29, 1.82) is 0 Å². The second-order valence-corrected chi connectivity index (χ2v) is 6.00. The lowest BCUT2D eigenvalue weighted by molar-refractivity contribution is -0.141. The van der Waals surface area contributed by atoms with Gasteiger partial charge in [-0.05, 0) is 49.2 Å². The summed E-state index contributed by atoms with van der Waals surface area (Å²) in [6.07, 6.45) is 2.78. The maximum atomic E-state index is 12.2. The second-order valence-electron chi connectivity index (χ2n) is 6.00. The molecule has 0 spiro atoms. The number of esters is 2. The van der Waals surface area contributed by atoms with Gasteiger partial charge in [-0.25, -0.2) is 9.79 Å². The van der Waals surface area contributed by atoms with E-state index in [0.717, 1.165) is 19.3 Å². The van der Waals surface area contributed by atoms with Crippen molar-refractivity contribution < 1.29 is 19.1 Å². The lowest BCUT2D eigenvalue weighted by atomic mass is 9.86. The van der Waals surface area contributed by atoms with E-state index in [1.165, 1.54) is 6.07 Å². The molecule has 1 fully saturated rings. The Balaban J connectivity index is 1.64. The Labute approximate surface area is 150 Å². The van der Waals surface area contributed by atoms with E-state index in [1.54, 1.807) is 42.5 Å². The maximum absolute atomic E-state index is 12.2. The predicted octanol–water partition coefficient (Wildman–Crippen LogP) is 2.52. The molecule has 0 heterocycles. The van der Waals surface area contributed by atoms with E-state index in [2.05, 4.69) is 4.99 Å². The van der Waals surface area contributed by atoms with E-state index >= 15 is 0 Å². The molecule has 0 unspecified atom stereocenters. The quantitative estimate of drug-likeness (QED) is 0.369. The van der Waals surface area contributed by atoms with Crippen LogP contribution in [0.5, 0.6) is 11.5 Å². The third-order valence-electron chi connectivity index (χ3n) is 4.03. The summed E-state index contributed by atoms with van der Waals surface area (Å²) in [6, 6.07) is 12.8. The molecule has 0 amide bonds. The Kier molecular flexibility index (Phi) is 5.17. The number of hydrogen-bond acceptors (Lipinski definition) is 5. The third-order valence-corrected chi connectivity index (χ3v) is 4.03. The minimum atomic E-state index is -0.538. The van der Waals surface area contributed by atoms with Crippen molar-refractivity contribution in [3.8, 4) is 11.5 Å². The van der Waals surface area contributed by atoms with Crippen molar-refractivity contribution in [2.24, 2.45) is 22.4 Å². The Morgan fingerprint density at radius 2 is 1.62 bits per heavy atom. The number of aliphatic imine (C=N–C) groups is 1. The molecule has 0 radical (unpaired) electrons. The zero-order valence-corrected chi connectivity index (χ0v) is 14.1. The molecular weight excluding hydrogens is 334 g/mol. The summed E-state index contributed by atoms with van der Waals surface area (Å²) >= 11 is 0. The van der Waals surface area contributed by atoms with Gasteiger partial charge in [-0.3, -0.25) is 4.79 Å². The number of nitrogens with zero attached hydrogens (tertiary/aromatic N) is 1. The number of benzene rings is 2. The summed E-state index contributed by atoms with van der Waals surface area (Å²) in [5.41, 5.74) is 11.5. The van der Waals surface area contributed by atoms with Crippen LogP contribution in [-0.2, 0) is 4.79 Å². The monoisotopic (exact) mass is 353 g/mol. The minimum Gasteiger partial charge on any atom is -0.426 e. The van der Waals surface area contributed by atoms with Gasteiger partial charge in [-0.15, -0.1) is 0 Å². The Bertz CT molecular complexity index is 838. The van der Waals surface area contributed by atoms with Crippen molar-refractivity contribution in [2.75, 3.05) is 0 Å². The van der Waals surface area contributed by atoms with Gasteiger partial charge in [0.2, 0.25) is 0 Å². The molecule has 0 atom stereocenters. The van der Waals surface area contributed by atoms with Crippen LogP contribution in [0.4, 0.5) is 5.69 Å². The van der Waals surface area contributed by atoms with E-state index < -0.39 is 5.97 Å². The molecule has 7 nitrogen and oxygen atoms in total. The maximum Gasteiger partial charge on any atom is 0.343 e. The molecule has 3 rings (SSSR count).